The van der Waals surface area contributed by atoms with E-state index in [0.29, 0.717) is 40.7 Å². The van der Waals surface area contributed by atoms with E-state index in [9.17, 15) is 9.59 Å². The van der Waals surface area contributed by atoms with Gasteiger partial charge in [0.15, 0.2) is 0 Å². The van der Waals surface area contributed by atoms with Crippen molar-refractivity contribution in [3.05, 3.63) is 65.1 Å². The number of hydrogen-bond donors (Lipinski definition) is 4. The molecule has 48 heavy (non-hydrogen) atoms. The number of benzene rings is 2. The Morgan fingerprint density at radius 2 is 1.73 bits per heavy atom. The van der Waals surface area contributed by atoms with Gasteiger partial charge in [0.05, 0.1) is 22.7 Å². The van der Waals surface area contributed by atoms with E-state index in [1.165, 1.54) is 6.07 Å². The lowest BCUT2D eigenvalue weighted by Gasteiger charge is -2.37. The normalized spacial score (nSPS) is 15.8. The number of carbonyl (C=O) groups is 2. The highest BCUT2D eigenvalue weighted by Crippen LogP contribution is 2.40. The first-order valence-electron chi connectivity index (χ1n) is 16.6. The number of nitrogens with zero attached hydrogens (tertiary/aromatic N) is 2. The quantitative estimate of drug-likeness (QED) is 0.184. The Morgan fingerprint density at radius 1 is 1.02 bits per heavy atom. The molecule has 5 rings (SSSR count). The van der Waals surface area contributed by atoms with E-state index < -0.39 is 19.7 Å². The predicted molar refractivity (Wildman–Crippen MR) is 192 cm³/mol. The molecule has 258 valence electrons. The molecule has 0 atom stereocenters. The Hall–Kier alpha value is -4.16. The van der Waals surface area contributed by atoms with Crippen LogP contribution in [0.15, 0.2) is 42.6 Å². The van der Waals surface area contributed by atoms with Crippen molar-refractivity contribution in [2.75, 3.05) is 29.0 Å². The minimum atomic E-state index is -2.18. The predicted octanol–water partition coefficient (Wildman–Crippen LogP) is 8.46. The van der Waals surface area contributed by atoms with Crippen LogP contribution in [0.1, 0.15) is 75.9 Å². The van der Waals surface area contributed by atoms with E-state index in [4.69, 9.17) is 9.16 Å². The van der Waals surface area contributed by atoms with Crippen LogP contribution in [0.5, 0.6) is 5.75 Å². The average molecular weight is 677 g/mol. The number of ether oxygens (including phenoxy) is 1. The monoisotopic (exact) mass is 676 g/mol. The summed E-state index contributed by atoms with van der Waals surface area (Å²) >= 11 is 0. The number of alkyl carbamates (subject to hydrolysis) is 1. The number of fused-ring (bicyclic) bond motifs is 2. The fourth-order valence-electron chi connectivity index (χ4n) is 5.50. The van der Waals surface area contributed by atoms with Crippen molar-refractivity contribution in [2.24, 2.45) is 0 Å². The molecule has 1 fully saturated rings. The van der Waals surface area contributed by atoms with E-state index in [0.717, 1.165) is 31.5 Å². The summed E-state index contributed by atoms with van der Waals surface area (Å²) in [4.78, 5) is 32.7. The van der Waals surface area contributed by atoms with E-state index >= 15 is 4.39 Å². The molecule has 1 saturated heterocycles. The molecule has 4 N–H and O–H groups in total. The molecule has 2 aromatic carbocycles. The third-order valence-corrected chi connectivity index (χ3v) is 13.5. The second-order valence-electron chi connectivity index (χ2n) is 15.3. The highest BCUT2D eigenvalue weighted by Gasteiger charge is 2.39. The van der Waals surface area contributed by atoms with Crippen molar-refractivity contribution in [1.29, 1.82) is 0 Å². The Kier molecular flexibility index (Phi) is 9.80. The average Bonchev–Trinajstić information content (AvgIpc) is 3.10. The number of likely N-dealkylation sites (tertiary alicyclic amines) is 1. The number of halogens is 1. The zero-order valence-corrected chi connectivity index (χ0v) is 30.6. The topological polar surface area (TPSA) is 117 Å². The highest BCUT2D eigenvalue weighted by molar-refractivity contribution is 6.74. The molecule has 1 aromatic heterocycles. The van der Waals surface area contributed by atoms with Gasteiger partial charge in [-0.25, -0.2) is 14.2 Å². The van der Waals surface area contributed by atoms with Crippen LogP contribution in [0.25, 0.3) is 0 Å². The molecular weight excluding hydrogens is 628 g/mol. The maximum absolute atomic E-state index is 15.3. The van der Waals surface area contributed by atoms with E-state index in [1.54, 1.807) is 18.3 Å². The molecule has 0 aliphatic carbocycles. The van der Waals surface area contributed by atoms with Gasteiger partial charge in [0.25, 0.3) is 5.91 Å². The van der Waals surface area contributed by atoms with Gasteiger partial charge in [0, 0.05) is 37.9 Å². The molecule has 0 spiro atoms. The van der Waals surface area contributed by atoms with Gasteiger partial charge >= 0.3 is 6.09 Å². The lowest BCUT2D eigenvalue weighted by atomic mass is 10.0. The lowest BCUT2D eigenvalue weighted by Crippen LogP contribution is -2.45. The fourth-order valence-corrected chi connectivity index (χ4v) is 6.58. The van der Waals surface area contributed by atoms with Crippen LogP contribution in [-0.2, 0) is 11.3 Å². The Morgan fingerprint density at radius 3 is 2.40 bits per heavy atom. The molecule has 0 bridgehead atoms. The maximum Gasteiger partial charge on any atom is 0.407 e. The number of anilines is 5. The Labute approximate surface area is 284 Å². The van der Waals surface area contributed by atoms with Crippen molar-refractivity contribution < 1.29 is 23.1 Å². The summed E-state index contributed by atoms with van der Waals surface area (Å²) in [5.41, 5.74) is 3.48. The van der Waals surface area contributed by atoms with Crippen LogP contribution in [0.4, 0.5) is 37.8 Å². The molecule has 3 aromatic rings. The molecule has 0 radical (unpaired) electrons. The van der Waals surface area contributed by atoms with Crippen molar-refractivity contribution in [3.63, 3.8) is 0 Å². The molecule has 2 aliphatic heterocycles. The summed E-state index contributed by atoms with van der Waals surface area (Å²) in [6.45, 7) is 20.5. The second-order valence-corrected chi connectivity index (χ2v) is 20.0. The fraction of sp³-hybridized carbons (Fsp3) is 0.472. The zero-order chi connectivity index (χ0) is 35.0. The number of carbonyl (C=O) groups excluding carboxylic acids is 2. The summed E-state index contributed by atoms with van der Waals surface area (Å²) < 4.78 is 27.2. The number of aryl methyl sites for hydroxylation is 1. The number of hydrogen-bond acceptors (Lipinski definition) is 8. The molecule has 2 amide bonds. The van der Waals surface area contributed by atoms with Crippen molar-refractivity contribution in [1.82, 2.24) is 15.2 Å². The molecule has 10 nitrogen and oxygen atoms in total. The van der Waals surface area contributed by atoms with Gasteiger partial charge in [0.1, 0.15) is 28.5 Å². The van der Waals surface area contributed by atoms with Crippen LogP contribution in [0.2, 0.25) is 18.1 Å². The lowest BCUT2D eigenvalue weighted by molar-refractivity contribution is 0.0477. The summed E-state index contributed by atoms with van der Waals surface area (Å²) in [6, 6.07) is 10.8. The van der Waals surface area contributed by atoms with Crippen LogP contribution < -0.4 is 25.7 Å². The van der Waals surface area contributed by atoms with Gasteiger partial charge in [-0.05, 0) is 94.1 Å². The maximum atomic E-state index is 15.3. The molecule has 0 saturated carbocycles. The molecule has 0 unspecified atom stereocenters. The third kappa shape index (κ3) is 8.27. The largest absolute Gasteiger partial charge is 0.543 e. The van der Waals surface area contributed by atoms with Crippen LogP contribution in [0.3, 0.4) is 0 Å². The van der Waals surface area contributed by atoms with Crippen LogP contribution in [-0.4, -0.2) is 54.9 Å². The van der Waals surface area contributed by atoms with Gasteiger partial charge in [-0.2, -0.15) is 0 Å². The molecule has 3 heterocycles. The standard InChI is InChI=1S/C36H49FN6O4Si/c1-22-18-25(37)28(20-30(22)47-48(8,9)36(5,6)7)40-27-12-15-38-32-31(27)33(44)42-29-19-23(10-11-26(29)41-32)21-43-16-13-24(14-17-43)39-34(45)46-35(2,3)4/h10-12,15,18-20,24H,13-14,16-17,21H2,1-9H3,(H,39,45)(H,42,44)(H2,38,40,41). The van der Waals surface area contributed by atoms with Crippen molar-refractivity contribution in [2.45, 2.75) is 97.6 Å². The van der Waals surface area contributed by atoms with E-state index in [-0.39, 0.29) is 34.3 Å². The van der Waals surface area contributed by atoms with Crippen molar-refractivity contribution >= 4 is 48.9 Å². The van der Waals surface area contributed by atoms with Crippen molar-refractivity contribution in [3.8, 4) is 5.75 Å². The summed E-state index contributed by atoms with van der Waals surface area (Å²) in [5, 5.41) is 12.4. The van der Waals surface area contributed by atoms with Gasteiger partial charge in [-0.1, -0.05) is 26.8 Å². The number of aromatic nitrogens is 1. The second kappa shape index (κ2) is 13.4. The van der Waals surface area contributed by atoms with Crippen LogP contribution >= 0.6 is 0 Å². The van der Waals surface area contributed by atoms with Gasteiger partial charge in [-0.3, -0.25) is 9.69 Å². The molecule has 12 heteroatoms. The Balaban J connectivity index is 1.28. The summed E-state index contributed by atoms with van der Waals surface area (Å²) in [6.07, 6.45) is 2.85. The number of piperidine rings is 1. The minimum absolute atomic E-state index is 0.0278. The summed E-state index contributed by atoms with van der Waals surface area (Å²) in [5.74, 6) is 0.189. The number of rotatable bonds is 7. The number of pyridine rings is 1. The summed E-state index contributed by atoms with van der Waals surface area (Å²) in [7, 11) is -2.18. The molecular formula is C36H49FN6O4Si. The molecule has 2 aliphatic rings. The van der Waals surface area contributed by atoms with Gasteiger partial charge in [-0.15, -0.1) is 0 Å². The highest BCUT2D eigenvalue weighted by atomic mass is 28.4. The third-order valence-electron chi connectivity index (χ3n) is 9.18. The number of nitrogens with one attached hydrogen (secondary N) is 4. The first-order chi connectivity index (χ1) is 22.4. The Bertz CT molecular complexity index is 1690. The first-order valence-corrected chi connectivity index (χ1v) is 19.5. The van der Waals surface area contributed by atoms with Gasteiger partial charge in [0.2, 0.25) is 8.32 Å². The smallest absolute Gasteiger partial charge is 0.407 e. The van der Waals surface area contributed by atoms with E-state index in [1.807, 2.05) is 45.9 Å². The first kappa shape index (κ1) is 35.2. The van der Waals surface area contributed by atoms with E-state index in [2.05, 4.69) is 65.0 Å². The van der Waals surface area contributed by atoms with Gasteiger partial charge < -0.3 is 30.4 Å². The SMILES string of the molecule is Cc1cc(F)c(Nc2ccnc3c2C(=O)Nc2cc(CN4CCC(NC(=O)OC(C)(C)C)CC4)ccc2N3)cc1O[Si](C)(C)C(C)(C)C. The minimum Gasteiger partial charge on any atom is -0.543 e. The number of amides is 2. The van der Waals surface area contributed by atoms with Crippen LogP contribution in [0, 0.1) is 12.7 Å². The zero-order valence-electron chi connectivity index (χ0n) is 29.6.